The normalized spacial score (nSPS) is 14.1. The second-order valence-corrected chi connectivity index (χ2v) is 6.53. The van der Waals surface area contributed by atoms with Crippen LogP contribution in [0.5, 0.6) is 0 Å². The predicted molar refractivity (Wildman–Crippen MR) is 93.3 cm³/mol. The number of hydrogen-bond acceptors (Lipinski definition) is 2. The molecule has 0 bridgehead atoms. The van der Waals surface area contributed by atoms with Gasteiger partial charge >= 0.3 is 0 Å². The summed E-state index contributed by atoms with van der Waals surface area (Å²) in [6, 6.07) is 11.5. The van der Waals surface area contributed by atoms with E-state index in [0.717, 1.165) is 16.6 Å². The molecule has 0 saturated carbocycles. The highest BCUT2D eigenvalue weighted by Gasteiger charge is 2.22. The Hall–Kier alpha value is -2.21. The maximum Gasteiger partial charge on any atom is 0.251 e. The van der Waals surface area contributed by atoms with E-state index in [1.807, 2.05) is 6.07 Å². The minimum Gasteiger partial charge on any atom is -0.348 e. The molecule has 124 valence electrons. The molecule has 2 aromatic rings. The third-order valence-corrected chi connectivity index (χ3v) is 4.43. The van der Waals surface area contributed by atoms with E-state index >= 15 is 0 Å². The van der Waals surface area contributed by atoms with Gasteiger partial charge in [-0.25, -0.2) is 4.39 Å². The van der Waals surface area contributed by atoms with Gasteiger partial charge in [-0.2, -0.15) is 0 Å². The summed E-state index contributed by atoms with van der Waals surface area (Å²) in [6.07, 6.45) is 1.37. The van der Waals surface area contributed by atoms with Crippen LogP contribution >= 0.6 is 15.9 Å². The zero-order valence-corrected chi connectivity index (χ0v) is 14.5. The van der Waals surface area contributed by atoms with Crippen LogP contribution < -0.4 is 10.2 Å². The van der Waals surface area contributed by atoms with Crippen molar-refractivity contribution in [1.82, 2.24) is 5.32 Å². The lowest BCUT2D eigenvalue weighted by Gasteiger charge is -2.16. The Balaban J connectivity index is 1.71. The van der Waals surface area contributed by atoms with Crippen LogP contribution in [0.25, 0.3) is 0 Å². The van der Waals surface area contributed by atoms with Crippen LogP contribution in [0.3, 0.4) is 0 Å². The van der Waals surface area contributed by atoms with Crippen LogP contribution in [0, 0.1) is 5.82 Å². The minimum absolute atomic E-state index is 0.0729. The molecule has 0 aromatic heterocycles. The van der Waals surface area contributed by atoms with Gasteiger partial charge in [-0.15, -0.1) is 0 Å². The van der Waals surface area contributed by atoms with E-state index < -0.39 is 0 Å². The first-order chi connectivity index (χ1) is 11.5. The molecule has 1 aliphatic heterocycles. The third-order valence-electron chi connectivity index (χ3n) is 3.94. The summed E-state index contributed by atoms with van der Waals surface area (Å²) in [5.74, 6) is -0.596. The lowest BCUT2D eigenvalue weighted by atomic mass is 10.1. The number of nitrogens with zero attached hydrogens (tertiary/aromatic N) is 1. The van der Waals surface area contributed by atoms with Gasteiger partial charge in [0.1, 0.15) is 5.82 Å². The van der Waals surface area contributed by atoms with Crippen LogP contribution in [0.4, 0.5) is 10.1 Å². The number of amides is 2. The van der Waals surface area contributed by atoms with Crippen molar-refractivity contribution in [3.8, 4) is 0 Å². The van der Waals surface area contributed by atoms with E-state index in [1.165, 1.54) is 6.07 Å². The molecule has 2 amide bonds. The smallest absolute Gasteiger partial charge is 0.251 e. The first-order valence-corrected chi connectivity index (χ1v) is 8.46. The Labute approximate surface area is 147 Å². The van der Waals surface area contributed by atoms with Crippen molar-refractivity contribution in [3.63, 3.8) is 0 Å². The lowest BCUT2D eigenvalue weighted by Crippen LogP contribution is -2.26. The van der Waals surface area contributed by atoms with E-state index in [9.17, 15) is 14.0 Å². The van der Waals surface area contributed by atoms with Gasteiger partial charge in [0.15, 0.2) is 0 Å². The Morgan fingerprint density at radius 1 is 1.25 bits per heavy atom. The molecule has 0 aliphatic carbocycles. The van der Waals surface area contributed by atoms with Crippen LogP contribution in [-0.4, -0.2) is 18.4 Å². The van der Waals surface area contributed by atoms with Gasteiger partial charge in [0.05, 0.1) is 0 Å². The van der Waals surface area contributed by atoms with E-state index in [-0.39, 0.29) is 24.2 Å². The quantitative estimate of drug-likeness (QED) is 0.865. The second kappa shape index (κ2) is 7.13. The van der Waals surface area contributed by atoms with Gasteiger partial charge in [-0.3, -0.25) is 9.59 Å². The molecule has 1 saturated heterocycles. The monoisotopic (exact) mass is 390 g/mol. The molecular weight excluding hydrogens is 375 g/mol. The molecule has 24 heavy (non-hydrogen) atoms. The number of rotatable bonds is 4. The largest absolute Gasteiger partial charge is 0.348 e. The maximum atomic E-state index is 13.7. The molecule has 1 N–H and O–H groups in total. The standard InChI is InChI=1S/C18H16BrFN2O2/c19-14-6-7-16(20)13(9-14)11-21-18(24)12-3-1-4-15(10-12)22-8-2-5-17(22)23/h1,3-4,6-7,9-10H,2,5,8,11H2,(H,21,24). The Morgan fingerprint density at radius 2 is 2.08 bits per heavy atom. The molecular formula is C18H16BrFN2O2. The molecule has 4 nitrogen and oxygen atoms in total. The number of hydrogen-bond donors (Lipinski definition) is 1. The van der Waals surface area contributed by atoms with Gasteiger partial charge in [0.2, 0.25) is 5.91 Å². The summed E-state index contributed by atoms with van der Waals surface area (Å²) in [5, 5.41) is 2.71. The second-order valence-electron chi connectivity index (χ2n) is 5.62. The summed E-state index contributed by atoms with van der Waals surface area (Å²) in [5.41, 5.74) is 1.57. The zero-order valence-electron chi connectivity index (χ0n) is 12.9. The summed E-state index contributed by atoms with van der Waals surface area (Å²) >= 11 is 3.28. The fraction of sp³-hybridized carbons (Fsp3) is 0.222. The Bertz CT molecular complexity index is 794. The molecule has 1 heterocycles. The summed E-state index contributed by atoms with van der Waals surface area (Å²) in [7, 11) is 0. The van der Waals surface area contributed by atoms with Crippen LogP contribution in [0.15, 0.2) is 46.9 Å². The van der Waals surface area contributed by atoms with Crippen molar-refractivity contribution < 1.29 is 14.0 Å². The number of benzene rings is 2. The number of anilines is 1. The molecule has 0 atom stereocenters. The van der Waals surface area contributed by atoms with E-state index in [4.69, 9.17) is 0 Å². The van der Waals surface area contributed by atoms with Crippen LogP contribution in [0.2, 0.25) is 0 Å². The summed E-state index contributed by atoms with van der Waals surface area (Å²) in [6.45, 7) is 0.768. The highest BCUT2D eigenvalue weighted by atomic mass is 79.9. The minimum atomic E-state index is -0.366. The number of carbonyl (C=O) groups excluding carboxylic acids is 2. The van der Waals surface area contributed by atoms with Gasteiger partial charge in [0.25, 0.3) is 5.91 Å². The van der Waals surface area contributed by atoms with Crippen molar-refractivity contribution in [2.75, 3.05) is 11.4 Å². The van der Waals surface area contributed by atoms with E-state index in [0.29, 0.717) is 24.1 Å². The topological polar surface area (TPSA) is 49.4 Å². The number of nitrogens with one attached hydrogen (secondary N) is 1. The van der Waals surface area contributed by atoms with Gasteiger partial charge in [-0.1, -0.05) is 22.0 Å². The fourth-order valence-electron chi connectivity index (χ4n) is 2.69. The predicted octanol–water partition coefficient (Wildman–Crippen LogP) is 3.65. The highest BCUT2D eigenvalue weighted by molar-refractivity contribution is 9.10. The van der Waals surface area contributed by atoms with Crippen molar-refractivity contribution in [2.45, 2.75) is 19.4 Å². The summed E-state index contributed by atoms with van der Waals surface area (Å²) in [4.78, 5) is 25.8. The lowest BCUT2D eigenvalue weighted by molar-refractivity contribution is -0.117. The average Bonchev–Trinajstić information content (AvgIpc) is 3.01. The van der Waals surface area contributed by atoms with Crippen LogP contribution in [-0.2, 0) is 11.3 Å². The maximum absolute atomic E-state index is 13.7. The molecule has 0 spiro atoms. The van der Waals surface area contributed by atoms with Crippen molar-refractivity contribution >= 4 is 33.4 Å². The zero-order chi connectivity index (χ0) is 17.1. The molecule has 2 aromatic carbocycles. The Morgan fingerprint density at radius 3 is 2.83 bits per heavy atom. The summed E-state index contributed by atoms with van der Waals surface area (Å²) < 4.78 is 14.5. The van der Waals surface area contributed by atoms with Gasteiger partial charge < -0.3 is 10.2 Å². The highest BCUT2D eigenvalue weighted by Crippen LogP contribution is 2.22. The van der Waals surface area contributed by atoms with Crippen LogP contribution in [0.1, 0.15) is 28.8 Å². The van der Waals surface area contributed by atoms with Gasteiger partial charge in [0, 0.05) is 40.8 Å². The third kappa shape index (κ3) is 3.64. The Kier molecular flexibility index (Phi) is 4.94. The number of halogens is 2. The average molecular weight is 391 g/mol. The van der Waals surface area contributed by atoms with Crippen molar-refractivity contribution in [2.24, 2.45) is 0 Å². The van der Waals surface area contributed by atoms with E-state index in [2.05, 4.69) is 21.2 Å². The fourth-order valence-corrected chi connectivity index (χ4v) is 3.10. The van der Waals surface area contributed by atoms with Gasteiger partial charge in [-0.05, 0) is 42.8 Å². The first kappa shape index (κ1) is 16.6. The molecule has 3 rings (SSSR count). The van der Waals surface area contributed by atoms with Crippen molar-refractivity contribution in [1.29, 1.82) is 0 Å². The number of carbonyl (C=O) groups is 2. The SMILES string of the molecule is O=C(NCc1cc(Br)ccc1F)c1cccc(N2CCCC2=O)c1. The van der Waals surface area contributed by atoms with E-state index in [1.54, 1.807) is 35.2 Å². The first-order valence-electron chi connectivity index (χ1n) is 7.67. The molecule has 0 unspecified atom stereocenters. The molecule has 1 fully saturated rings. The molecule has 1 aliphatic rings. The molecule has 6 heteroatoms. The molecule has 0 radical (unpaired) electrons. The van der Waals surface area contributed by atoms with Crippen molar-refractivity contribution in [3.05, 3.63) is 63.9 Å².